The highest BCUT2D eigenvalue weighted by molar-refractivity contribution is 7.90. The largest absolute Gasteiger partial charge is 0.506 e. The molecule has 2 rings (SSSR count). The average Bonchev–Trinajstić information content (AvgIpc) is 3.41. The summed E-state index contributed by atoms with van der Waals surface area (Å²) in [5.74, 6) is -0.824. The summed E-state index contributed by atoms with van der Waals surface area (Å²) in [5, 5.41) is 11.6. The number of halogens is 3. The zero-order valence-corrected chi connectivity index (χ0v) is 17.2. The zero-order valence-electron chi connectivity index (χ0n) is 14.9. The van der Waals surface area contributed by atoms with E-state index in [-0.39, 0.29) is 22.8 Å². The van der Waals surface area contributed by atoms with Gasteiger partial charge in [0.1, 0.15) is 12.7 Å². The minimum absolute atomic E-state index is 0.00862. The van der Waals surface area contributed by atoms with Gasteiger partial charge < -0.3 is 15.2 Å². The first kappa shape index (κ1) is 22.7. The summed E-state index contributed by atoms with van der Waals surface area (Å²) in [5.41, 5.74) is -1.55. The number of rotatable bonds is 9. The standard InChI is InChI=1S/C17H20Cl2FNO6S/c1-28(25,26)12-6-4-11(5-7-12)17(27-16(23)24,8-10-2-3-10)13(9-20)21-15(22)14(18)19/h4-7,10,13-14H,2-3,8-9H2,1H3,(H,21,22)(H,23,24). The van der Waals surface area contributed by atoms with E-state index < -0.39 is 45.1 Å². The van der Waals surface area contributed by atoms with Crippen molar-refractivity contribution in [2.45, 2.75) is 40.6 Å². The molecule has 0 saturated heterocycles. The number of carboxylic acid groups (broad SMARTS) is 1. The minimum atomic E-state index is -3.49. The maximum absolute atomic E-state index is 14.0. The van der Waals surface area contributed by atoms with Crippen molar-refractivity contribution in [1.82, 2.24) is 5.32 Å². The number of sulfone groups is 1. The Hall–Kier alpha value is -1.58. The SMILES string of the molecule is CS(=O)(=O)c1ccc(C(CC2CC2)(OC(=O)O)C(CF)NC(=O)C(Cl)Cl)cc1. The van der Waals surface area contributed by atoms with Gasteiger partial charge in [-0.2, -0.15) is 0 Å². The lowest BCUT2D eigenvalue weighted by Crippen LogP contribution is -2.55. The van der Waals surface area contributed by atoms with Crippen LogP contribution in [-0.2, 0) is 25.0 Å². The van der Waals surface area contributed by atoms with Gasteiger partial charge in [-0.25, -0.2) is 17.6 Å². The lowest BCUT2D eigenvalue weighted by atomic mass is 9.81. The van der Waals surface area contributed by atoms with Crippen LogP contribution in [0.15, 0.2) is 29.2 Å². The van der Waals surface area contributed by atoms with Gasteiger partial charge in [0.15, 0.2) is 20.3 Å². The lowest BCUT2D eigenvalue weighted by molar-refractivity contribution is -0.124. The molecule has 28 heavy (non-hydrogen) atoms. The van der Waals surface area contributed by atoms with Crippen molar-refractivity contribution in [3.05, 3.63) is 29.8 Å². The van der Waals surface area contributed by atoms with Gasteiger partial charge in [-0.05, 0) is 30.0 Å². The normalized spacial score (nSPS) is 17.6. The first-order valence-electron chi connectivity index (χ1n) is 8.36. The van der Waals surface area contributed by atoms with E-state index in [1.165, 1.54) is 24.3 Å². The van der Waals surface area contributed by atoms with E-state index in [1.54, 1.807) is 0 Å². The van der Waals surface area contributed by atoms with Crippen LogP contribution < -0.4 is 5.32 Å². The third-order valence-corrected chi connectivity index (χ3v) is 6.09. The van der Waals surface area contributed by atoms with E-state index in [0.717, 1.165) is 19.1 Å². The number of alkyl halides is 3. The Kier molecular flexibility index (Phi) is 7.17. The summed E-state index contributed by atoms with van der Waals surface area (Å²) in [7, 11) is -3.49. The molecule has 1 fully saturated rings. The number of carbonyl (C=O) groups is 2. The zero-order chi connectivity index (χ0) is 21.1. The highest BCUT2D eigenvalue weighted by Crippen LogP contribution is 2.45. The molecule has 2 unspecified atom stereocenters. The van der Waals surface area contributed by atoms with Crippen LogP contribution in [0.25, 0.3) is 0 Å². The van der Waals surface area contributed by atoms with Crippen LogP contribution in [0.1, 0.15) is 24.8 Å². The number of benzene rings is 1. The molecule has 1 aliphatic rings. The van der Waals surface area contributed by atoms with Crippen LogP contribution in [-0.4, -0.2) is 49.4 Å². The van der Waals surface area contributed by atoms with Crippen molar-refractivity contribution in [3.63, 3.8) is 0 Å². The van der Waals surface area contributed by atoms with E-state index in [0.29, 0.717) is 0 Å². The summed E-state index contributed by atoms with van der Waals surface area (Å²) < 4.78 is 42.5. The molecule has 1 amide bonds. The van der Waals surface area contributed by atoms with Crippen LogP contribution in [0, 0.1) is 5.92 Å². The van der Waals surface area contributed by atoms with Crippen molar-refractivity contribution < 1.29 is 32.2 Å². The molecule has 11 heteroatoms. The van der Waals surface area contributed by atoms with Gasteiger partial charge in [-0.15, -0.1) is 0 Å². The van der Waals surface area contributed by atoms with Gasteiger partial charge in [-0.1, -0.05) is 48.2 Å². The number of nitrogens with one attached hydrogen (secondary N) is 1. The molecule has 1 aliphatic carbocycles. The molecule has 156 valence electrons. The first-order valence-corrected chi connectivity index (χ1v) is 11.1. The Morgan fingerprint density at radius 1 is 1.32 bits per heavy atom. The van der Waals surface area contributed by atoms with E-state index in [1.807, 2.05) is 0 Å². The van der Waals surface area contributed by atoms with Gasteiger partial charge in [0.25, 0.3) is 5.91 Å². The van der Waals surface area contributed by atoms with Gasteiger partial charge in [0.2, 0.25) is 0 Å². The molecule has 0 radical (unpaired) electrons. The Bertz CT molecular complexity index is 829. The topological polar surface area (TPSA) is 110 Å². The Morgan fingerprint density at radius 3 is 2.29 bits per heavy atom. The number of amides is 1. The molecular formula is C17H20Cl2FNO6S. The third kappa shape index (κ3) is 5.48. The lowest BCUT2D eigenvalue weighted by Gasteiger charge is -2.39. The monoisotopic (exact) mass is 455 g/mol. The summed E-state index contributed by atoms with van der Waals surface area (Å²) in [6.07, 6.45) is 1.08. The fraction of sp³-hybridized carbons (Fsp3) is 0.529. The fourth-order valence-corrected chi connectivity index (χ4v) is 3.79. The van der Waals surface area contributed by atoms with Crippen LogP contribution in [0.2, 0.25) is 0 Å². The van der Waals surface area contributed by atoms with Crippen LogP contribution in [0.4, 0.5) is 9.18 Å². The van der Waals surface area contributed by atoms with Gasteiger partial charge in [0, 0.05) is 6.26 Å². The molecule has 0 aliphatic heterocycles. The Morgan fingerprint density at radius 2 is 1.89 bits per heavy atom. The van der Waals surface area contributed by atoms with Crippen molar-refractivity contribution in [3.8, 4) is 0 Å². The second-order valence-electron chi connectivity index (χ2n) is 6.72. The fourth-order valence-electron chi connectivity index (χ4n) is 3.04. The van der Waals surface area contributed by atoms with Gasteiger partial charge in [0.05, 0.1) is 4.90 Å². The maximum Gasteiger partial charge on any atom is 0.506 e. The van der Waals surface area contributed by atoms with E-state index in [2.05, 4.69) is 5.32 Å². The van der Waals surface area contributed by atoms with Crippen molar-refractivity contribution in [2.24, 2.45) is 5.92 Å². The quantitative estimate of drug-likeness (QED) is 0.437. The first-order chi connectivity index (χ1) is 13.0. The van der Waals surface area contributed by atoms with E-state index in [9.17, 15) is 27.5 Å². The second kappa shape index (κ2) is 8.84. The molecule has 1 aromatic carbocycles. The molecule has 2 atom stereocenters. The van der Waals surface area contributed by atoms with Gasteiger partial charge >= 0.3 is 6.16 Å². The Labute approximate surface area is 172 Å². The Balaban J connectivity index is 2.54. The van der Waals surface area contributed by atoms with Crippen molar-refractivity contribution in [1.29, 1.82) is 0 Å². The molecule has 7 nitrogen and oxygen atoms in total. The highest BCUT2D eigenvalue weighted by Gasteiger charge is 2.49. The third-order valence-electron chi connectivity index (χ3n) is 4.56. The minimum Gasteiger partial charge on any atom is -0.450 e. The number of hydrogen-bond donors (Lipinski definition) is 2. The maximum atomic E-state index is 14.0. The van der Waals surface area contributed by atoms with Crippen LogP contribution in [0.5, 0.6) is 0 Å². The van der Waals surface area contributed by atoms with Gasteiger partial charge in [-0.3, -0.25) is 4.79 Å². The summed E-state index contributed by atoms with van der Waals surface area (Å²) in [6, 6.07) is 3.87. The van der Waals surface area contributed by atoms with E-state index >= 15 is 0 Å². The number of ether oxygens (including phenoxy) is 1. The van der Waals surface area contributed by atoms with Crippen LogP contribution >= 0.6 is 23.2 Å². The molecule has 2 N–H and O–H groups in total. The highest BCUT2D eigenvalue weighted by atomic mass is 35.5. The predicted molar refractivity (Wildman–Crippen MR) is 101 cm³/mol. The molecular weight excluding hydrogens is 436 g/mol. The van der Waals surface area contributed by atoms with Crippen LogP contribution in [0.3, 0.4) is 0 Å². The van der Waals surface area contributed by atoms with Crippen molar-refractivity contribution in [2.75, 3.05) is 12.9 Å². The van der Waals surface area contributed by atoms with E-state index in [4.69, 9.17) is 27.9 Å². The smallest absolute Gasteiger partial charge is 0.450 e. The second-order valence-corrected chi connectivity index (χ2v) is 9.83. The number of hydrogen-bond acceptors (Lipinski definition) is 5. The molecule has 0 bridgehead atoms. The predicted octanol–water partition coefficient (Wildman–Crippen LogP) is 3.04. The summed E-state index contributed by atoms with van der Waals surface area (Å²) in [6.45, 7) is -1.15. The molecule has 0 heterocycles. The molecule has 1 aromatic rings. The molecule has 0 spiro atoms. The summed E-state index contributed by atoms with van der Waals surface area (Å²) >= 11 is 11.1. The number of carbonyl (C=O) groups excluding carboxylic acids is 1. The van der Waals surface area contributed by atoms with Crippen molar-refractivity contribution >= 4 is 45.1 Å². The molecule has 0 aromatic heterocycles. The average molecular weight is 456 g/mol. The summed E-state index contributed by atoms with van der Waals surface area (Å²) in [4.78, 5) is 21.9. The molecule has 1 saturated carbocycles.